The summed E-state index contributed by atoms with van der Waals surface area (Å²) in [5.41, 5.74) is 1.76. The van der Waals surface area contributed by atoms with Gasteiger partial charge in [0.25, 0.3) is 0 Å². The van der Waals surface area contributed by atoms with Gasteiger partial charge < -0.3 is 5.11 Å². The molecule has 1 rings (SSSR count). The number of halogens is 1. The molecule has 0 saturated heterocycles. The average molecular weight is 231 g/mol. The highest BCUT2D eigenvalue weighted by Gasteiger charge is 1.95. The largest absolute Gasteiger partial charge is 0.400 e. The van der Waals surface area contributed by atoms with Crippen molar-refractivity contribution in [1.82, 2.24) is 0 Å². The molecule has 0 aliphatic carbocycles. The molecule has 1 aromatic rings. The lowest BCUT2D eigenvalue weighted by molar-refractivity contribution is 0.112. The van der Waals surface area contributed by atoms with Gasteiger partial charge in [0, 0.05) is 17.1 Å². The van der Waals surface area contributed by atoms with Gasteiger partial charge in [-0.2, -0.15) is 0 Å². The van der Waals surface area contributed by atoms with E-state index >= 15 is 0 Å². The summed E-state index contributed by atoms with van der Waals surface area (Å²) < 4.78 is 0.945. The van der Waals surface area contributed by atoms with E-state index in [9.17, 15) is 4.79 Å². The first-order valence-electron chi connectivity index (χ1n) is 3.40. The number of aliphatic hydroxyl groups excluding tert-OH is 1. The molecule has 0 radical (unpaired) electrons. The SMILES string of the molecule is CO.Cc1ccc(Br)cc1C=O. The van der Waals surface area contributed by atoms with Crippen molar-refractivity contribution in [3.63, 3.8) is 0 Å². The van der Waals surface area contributed by atoms with Crippen molar-refractivity contribution in [2.45, 2.75) is 6.92 Å². The van der Waals surface area contributed by atoms with Crippen LogP contribution in [-0.2, 0) is 0 Å². The number of hydrogen-bond donors (Lipinski definition) is 1. The molecule has 0 aliphatic heterocycles. The van der Waals surface area contributed by atoms with Crippen LogP contribution in [0.2, 0.25) is 0 Å². The fourth-order valence-corrected chi connectivity index (χ4v) is 1.12. The Morgan fingerprint density at radius 3 is 2.42 bits per heavy atom. The van der Waals surface area contributed by atoms with Gasteiger partial charge >= 0.3 is 0 Å². The third-order valence-corrected chi connectivity index (χ3v) is 1.86. The molecule has 0 fully saturated rings. The minimum atomic E-state index is 0.745. The summed E-state index contributed by atoms with van der Waals surface area (Å²) in [6.07, 6.45) is 0.861. The van der Waals surface area contributed by atoms with Gasteiger partial charge in [-0.05, 0) is 24.6 Å². The molecule has 3 heteroatoms. The molecule has 0 saturated carbocycles. The molecule has 0 atom stereocenters. The lowest BCUT2D eigenvalue weighted by Gasteiger charge is -1.96. The van der Waals surface area contributed by atoms with Crippen molar-refractivity contribution in [3.05, 3.63) is 33.8 Å². The maximum atomic E-state index is 10.4. The summed E-state index contributed by atoms with van der Waals surface area (Å²) in [7, 11) is 1.00. The van der Waals surface area contributed by atoms with Gasteiger partial charge in [-0.25, -0.2) is 0 Å². The lowest BCUT2D eigenvalue weighted by atomic mass is 10.1. The Balaban J connectivity index is 0.000000561. The summed E-state index contributed by atoms with van der Waals surface area (Å²) in [4.78, 5) is 10.4. The van der Waals surface area contributed by atoms with Crippen LogP contribution in [0, 0.1) is 6.92 Å². The number of aliphatic hydroxyl groups is 1. The van der Waals surface area contributed by atoms with Crippen molar-refractivity contribution >= 4 is 22.2 Å². The fourth-order valence-electron chi connectivity index (χ4n) is 0.738. The zero-order valence-corrected chi connectivity index (χ0v) is 8.63. The molecule has 1 N–H and O–H groups in total. The molecular formula is C9H11BrO2. The van der Waals surface area contributed by atoms with Crippen molar-refractivity contribution < 1.29 is 9.90 Å². The van der Waals surface area contributed by atoms with Crippen LogP contribution >= 0.6 is 15.9 Å². The van der Waals surface area contributed by atoms with Crippen LogP contribution in [0.1, 0.15) is 15.9 Å². The highest BCUT2D eigenvalue weighted by atomic mass is 79.9. The van der Waals surface area contributed by atoms with Crippen LogP contribution in [-0.4, -0.2) is 18.5 Å². The number of aryl methyl sites for hydroxylation is 1. The Kier molecular flexibility index (Phi) is 5.58. The van der Waals surface area contributed by atoms with Gasteiger partial charge in [-0.1, -0.05) is 22.0 Å². The Hall–Kier alpha value is -0.670. The second-order valence-corrected chi connectivity index (χ2v) is 3.03. The topological polar surface area (TPSA) is 37.3 Å². The van der Waals surface area contributed by atoms with Crippen molar-refractivity contribution in [2.75, 3.05) is 7.11 Å². The molecule has 0 unspecified atom stereocenters. The fraction of sp³-hybridized carbons (Fsp3) is 0.222. The standard InChI is InChI=1S/C8H7BrO.CH4O/c1-6-2-3-8(9)4-7(6)5-10;1-2/h2-5H,1H3;2H,1H3. The Bertz CT molecular complexity index is 259. The summed E-state index contributed by atoms with van der Waals surface area (Å²) in [6.45, 7) is 1.91. The van der Waals surface area contributed by atoms with Crippen LogP contribution in [0.4, 0.5) is 0 Å². The van der Waals surface area contributed by atoms with Gasteiger partial charge in [0.1, 0.15) is 6.29 Å². The molecule has 0 spiro atoms. The molecule has 1 aromatic carbocycles. The second kappa shape index (κ2) is 5.91. The molecule has 0 amide bonds. The molecule has 2 nitrogen and oxygen atoms in total. The molecule has 66 valence electrons. The minimum absolute atomic E-state index is 0.745. The minimum Gasteiger partial charge on any atom is -0.400 e. The number of carbonyl (C=O) groups excluding carboxylic acids is 1. The van der Waals surface area contributed by atoms with E-state index in [1.807, 2.05) is 25.1 Å². The Morgan fingerprint density at radius 1 is 1.42 bits per heavy atom. The first-order valence-corrected chi connectivity index (χ1v) is 4.19. The van der Waals surface area contributed by atoms with Crippen LogP contribution < -0.4 is 0 Å². The van der Waals surface area contributed by atoms with Crippen molar-refractivity contribution in [2.24, 2.45) is 0 Å². The molecular weight excluding hydrogens is 220 g/mol. The smallest absolute Gasteiger partial charge is 0.150 e. The summed E-state index contributed by atoms with van der Waals surface area (Å²) in [6, 6.07) is 5.64. The predicted molar refractivity (Wildman–Crippen MR) is 52.4 cm³/mol. The first kappa shape index (κ1) is 11.3. The Labute approximate surface area is 80.4 Å². The van der Waals surface area contributed by atoms with Crippen molar-refractivity contribution in [3.8, 4) is 0 Å². The van der Waals surface area contributed by atoms with E-state index in [0.29, 0.717) is 0 Å². The monoisotopic (exact) mass is 230 g/mol. The molecule has 0 bridgehead atoms. The predicted octanol–water partition coefficient (Wildman–Crippen LogP) is 2.18. The van der Waals surface area contributed by atoms with Gasteiger partial charge in [0.15, 0.2) is 0 Å². The van der Waals surface area contributed by atoms with Crippen LogP contribution in [0.5, 0.6) is 0 Å². The summed E-state index contributed by atoms with van der Waals surface area (Å²) in [5, 5.41) is 7.00. The maximum absolute atomic E-state index is 10.4. The summed E-state index contributed by atoms with van der Waals surface area (Å²) in [5.74, 6) is 0. The number of aldehydes is 1. The van der Waals surface area contributed by atoms with Gasteiger partial charge in [-0.15, -0.1) is 0 Å². The molecule has 0 aliphatic rings. The van der Waals surface area contributed by atoms with E-state index < -0.39 is 0 Å². The third-order valence-electron chi connectivity index (χ3n) is 1.37. The van der Waals surface area contributed by atoms with Gasteiger partial charge in [0.2, 0.25) is 0 Å². The average Bonchev–Trinajstić information content (AvgIpc) is 2.13. The zero-order chi connectivity index (χ0) is 9.56. The second-order valence-electron chi connectivity index (χ2n) is 2.12. The Morgan fingerprint density at radius 2 is 2.00 bits per heavy atom. The van der Waals surface area contributed by atoms with Crippen LogP contribution in [0.25, 0.3) is 0 Å². The zero-order valence-electron chi connectivity index (χ0n) is 7.04. The van der Waals surface area contributed by atoms with E-state index in [4.69, 9.17) is 5.11 Å². The third kappa shape index (κ3) is 3.15. The maximum Gasteiger partial charge on any atom is 0.150 e. The van der Waals surface area contributed by atoms with E-state index in [2.05, 4.69) is 15.9 Å². The molecule has 0 heterocycles. The van der Waals surface area contributed by atoms with E-state index in [1.54, 1.807) is 0 Å². The van der Waals surface area contributed by atoms with Gasteiger partial charge in [0.05, 0.1) is 0 Å². The van der Waals surface area contributed by atoms with Crippen LogP contribution in [0.15, 0.2) is 22.7 Å². The normalized spacial score (nSPS) is 8.33. The molecule has 12 heavy (non-hydrogen) atoms. The van der Waals surface area contributed by atoms with E-state index in [0.717, 1.165) is 29.0 Å². The van der Waals surface area contributed by atoms with Crippen LogP contribution in [0.3, 0.4) is 0 Å². The quantitative estimate of drug-likeness (QED) is 0.752. The highest BCUT2D eigenvalue weighted by Crippen LogP contribution is 2.13. The van der Waals surface area contributed by atoms with Gasteiger partial charge in [-0.3, -0.25) is 4.79 Å². The summed E-state index contributed by atoms with van der Waals surface area (Å²) >= 11 is 3.28. The van der Waals surface area contributed by atoms with E-state index in [1.165, 1.54) is 0 Å². The van der Waals surface area contributed by atoms with E-state index in [-0.39, 0.29) is 0 Å². The highest BCUT2D eigenvalue weighted by molar-refractivity contribution is 9.10. The first-order chi connectivity index (χ1) is 5.74. The number of carbonyl (C=O) groups is 1. The lowest BCUT2D eigenvalue weighted by Crippen LogP contribution is -1.84. The number of benzene rings is 1. The molecule has 0 aromatic heterocycles. The number of rotatable bonds is 1. The van der Waals surface area contributed by atoms with Crippen molar-refractivity contribution in [1.29, 1.82) is 0 Å². The number of hydrogen-bond acceptors (Lipinski definition) is 2.